The highest BCUT2D eigenvalue weighted by Gasteiger charge is 2.11. The molecule has 0 unspecified atom stereocenters. The lowest BCUT2D eigenvalue weighted by Crippen LogP contribution is -2.09. The third-order valence-corrected chi connectivity index (χ3v) is 2.37. The molecule has 5 nitrogen and oxygen atoms in total. The zero-order chi connectivity index (χ0) is 12.4. The van der Waals surface area contributed by atoms with E-state index in [4.69, 9.17) is 10.8 Å². The molecule has 0 saturated carbocycles. The average Bonchev–Trinajstić information content (AvgIpc) is 2.77. The molecule has 1 amide bonds. The summed E-state index contributed by atoms with van der Waals surface area (Å²) in [5, 5.41) is 13.0. The highest BCUT2D eigenvalue weighted by Crippen LogP contribution is 2.17. The minimum Gasteiger partial charge on any atom is -0.391 e. The number of hydrogen-bond acceptors (Lipinski definition) is 3. The van der Waals surface area contributed by atoms with Gasteiger partial charge in [0.2, 0.25) is 0 Å². The molecule has 1 aromatic heterocycles. The van der Waals surface area contributed by atoms with Crippen molar-refractivity contribution in [3.05, 3.63) is 47.5 Å². The molecule has 6 heteroatoms. The lowest BCUT2D eigenvalue weighted by molar-refractivity contribution is 0.100. The largest absolute Gasteiger partial charge is 0.391 e. The molecular formula is C11H10FN3O2. The molecule has 0 aliphatic carbocycles. The van der Waals surface area contributed by atoms with E-state index in [2.05, 4.69) is 5.10 Å². The molecule has 0 aliphatic heterocycles. The SMILES string of the molecule is NC(=O)c1cnn(-c2cccc(F)c2CO)c1. The van der Waals surface area contributed by atoms with Crippen molar-refractivity contribution >= 4 is 5.91 Å². The molecule has 17 heavy (non-hydrogen) atoms. The number of aliphatic hydroxyl groups is 1. The fraction of sp³-hybridized carbons (Fsp3) is 0.0909. The summed E-state index contributed by atoms with van der Waals surface area (Å²) >= 11 is 0. The fourth-order valence-corrected chi connectivity index (χ4v) is 1.50. The predicted octanol–water partition coefficient (Wildman–Crippen LogP) is 0.603. The van der Waals surface area contributed by atoms with Gasteiger partial charge < -0.3 is 10.8 Å². The van der Waals surface area contributed by atoms with Crippen molar-refractivity contribution in [1.82, 2.24) is 9.78 Å². The molecule has 0 saturated heterocycles. The minimum absolute atomic E-state index is 0.117. The van der Waals surface area contributed by atoms with Crippen molar-refractivity contribution in [2.45, 2.75) is 6.61 Å². The number of hydrogen-bond donors (Lipinski definition) is 2. The highest BCUT2D eigenvalue weighted by atomic mass is 19.1. The molecular weight excluding hydrogens is 225 g/mol. The smallest absolute Gasteiger partial charge is 0.251 e. The number of rotatable bonds is 3. The summed E-state index contributed by atoms with van der Waals surface area (Å²) < 4.78 is 14.7. The summed E-state index contributed by atoms with van der Waals surface area (Å²) in [7, 11) is 0. The first kappa shape index (κ1) is 11.3. The van der Waals surface area contributed by atoms with Gasteiger partial charge in [-0.3, -0.25) is 4.79 Å². The average molecular weight is 235 g/mol. The number of benzene rings is 1. The van der Waals surface area contributed by atoms with Crippen LogP contribution in [-0.4, -0.2) is 20.8 Å². The summed E-state index contributed by atoms with van der Waals surface area (Å²) in [4.78, 5) is 10.9. The number of carbonyl (C=O) groups is 1. The van der Waals surface area contributed by atoms with E-state index in [1.54, 1.807) is 6.07 Å². The van der Waals surface area contributed by atoms with Crippen LogP contribution in [0.2, 0.25) is 0 Å². The first-order valence-corrected chi connectivity index (χ1v) is 4.86. The molecule has 0 aliphatic rings. The number of aliphatic hydroxyl groups excluding tert-OH is 1. The van der Waals surface area contributed by atoms with E-state index in [9.17, 15) is 9.18 Å². The van der Waals surface area contributed by atoms with E-state index in [1.165, 1.54) is 29.2 Å². The Hall–Kier alpha value is -2.21. The van der Waals surface area contributed by atoms with E-state index < -0.39 is 18.3 Å². The van der Waals surface area contributed by atoms with Crippen LogP contribution in [0.25, 0.3) is 5.69 Å². The van der Waals surface area contributed by atoms with Crippen LogP contribution in [0.1, 0.15) is 15.9 Å². The third kappa shape index (κ3) is 2.02. The molecule has 0 radical (unpaired) electrons. The molecule has 88 valence electrons. The van der Waals surface area contributed by atoms with Gasteiger partial charge in [0, 0.05) is 11.8 Å². The Balaban J connectivity index is 2.52. The van der Waals surface area contributed by atoms with Crippen LogP contribution in [0.4, 0.5) is 4.39 Å². The fourth-order valence-electron chi connectivity index (χ4n) is 1.50. The van der Waals surface area contributed by atoms with E-state index in [1.807, 2.05) is 0 Å². The normalized spacial score (nSPS) is 10.5. The third-order valence-electron chi connectivity index (χ3n) is 2.37. The number of primary amides is 1. The molecule has 0 bridgehead atoms. The Bertz CT molecular complexity index is 566. The number of amides is 1. The maximum Gasteiger partial charge on any atom is 0.251 e. The molecule has 2 rings (SSSR count). The number of halogens is 1. The van der Waals surface area contributed by atoms with Gasteiger partial charge in [-0.15, -0.1) is 0 Å². The van der Waals surface area contributed by atoms with Gasteiger partial charge >= 0.3 is 0 Å². The summed E-state index contributed by atoms with van der Waals surface area (Å²) in [6.45, 7) is -0.451. The van der Waals surface area contributed by atoms with Crippen molar-refractivity contribution in [1.29, 1.82) is 0 Å². The summed E-state index contributed by atoms with van der Waals surface area (Å²) in [6.07, 6.45) is 2.67. The summed E-state index contributed by atoms with van der Waals surface area (Å²) in [5.41, 5.74) is 5.80. The second-order valence-electron chi connectivity index (χ2n) is 3.43. The Morgan fingerprint density at radius 2 is 2.29 bits per heavy atom. The van der Waals surface area contributed by atoms with Crippen LogP contribution in [-0.2, 0) is 6.61 Å². The van der Waals surface area contributed by atoms with Crippen LogP contribution in [0.5, 0.6) is 0 Å². The molecule has 3 N–H and O–H groups in total. The monoisotopic (exact) mass is 235 g/mol. The lowest BCUT2D eigenvalue weighted by Gasteiger charge is -2.07. The Labute approximate surface area is 96.3 Å². The number of nitrogens with two attached hydrogens (primary N) is 1. The zero-order valence-corrected chi connectivity index (χ0v) is 8.80. The van der Waals surface area contributed by atoms with Gasteiger partial charge in [0.25, 0.3) is 5.91 Å². The van der Waals surface area contributed by atoms with Crippen LogP contribution < -0.4 is 5.73 Å². The van der Waals surface area contributed by atoms with Gasteiger partial charge in [0.1, 0.15) is 5.82 Å². The van der Waals surface area contributed by atoms with Crippen molar-refractivity contribution in [2.75, 3.05) is 0 Å². The van der Waals surface area contributed by atoms with Crippen molar-refractivity contribution in [3.8, 4) is 5.69 Å². The van der Waals surface area contributed by atoms with E-state index in [0.29, 0.717) is 5.69 Å². The van der Waals surface area contributed by atoms with Gasteiger partial charge in [-0.25, -0.2) is 9.07 Å². The Kier molecular flexibility index (Phi) is 2.88. The topological polar surface area (TPSA) is 81.1 Å². The molecule has 0 spiro atoms. The van der Waals surface area contributed by atoms with Crippen LogP contribution in [0.15, 0.2) is 30.6 Å². The van der Waals surface area contributed by atoms with Gasteiger partial charge in [0.05, 0.1) is 24.1 Å². The van der Waals surface area contributed by atoms with Gasteiger partial charge in [-0.2, -0.15) is 5.10 Å². The van der Waals surface area contributed by atoms with Gasteiger partial charge in [-0.1, -0.05) is 6.07 Å². The van der Waals surface area contributed by atoms with Gasteiger partial charge in [0.15, 0.2) is 0 Å². The molecule has 0 fully saturated rings. The molecule has 1 aromatic carbocycles. The van der Waals surface area contributed by atoms with Crippen molar-refractivity contribution < 1.29 is 14.3 Å². The van der Waals surface area contributed by atoms with Crippen LogP contribution in [0.3, 0.4) is 0 Å². The second kappa shape index (κ2) is 4.34. The van der Waals surface area contributed by atoms with Crippen LogP contribution in [0, 0.1) is 5.82 Å². The van der Waals surface area contributed by atoms with E-state index in [-0.39, 0.29) is 11.1 Å². The quantitative estimate of drug-likeness (QED) is 0.817. The number of aromatic nitrogens is 2. The molecule has 0 atom stereocenters. The summed E-state index contributed by atoms with van der Waals surface area (Å²) in [5.74, 6) is -1.14. The molecule has 2 aromatic rings. The first-order chi connectivity index (χ1) is 8.13. The number of carbonyl (C=O) groups excluding carboxylic acids is 1. The predicted molar refractivity (Wildman–Crippen MR) is 58.0 cm³/mol. The molecule has 1 heterocycles. The second-order valence-corrected chi connectivity index (χ2v) is 3.43. The van der Waals surface area contributed by atoms with Crippen LogP contribution >= 0.6 is 0 Å². The van der Waals surface area contributed by atoms with E-state index >= 15 is 0 Å². The lowest BCUT2D eigenvalue weighted by atomic mass is 10.2. The maximum atomic E-state index is 13.4. The van der Waals surface area contributed by atoms with Crippen molar-refractivity contribution in [3.63, 3.8) is 0 Å². The zero-order valence-electron chi connectivity index (χ0n) is 8.80. The minimum atomic E-state index is -0.613. The first-order valence-electron chi connectivity index (χ1n) is 4.86. The standard InChI is InChI=1S/C11H10FN3O2/c12-9-2-1-3-10(8(9)6-16)15-5-7(4-14-15)11(13)17/h1-5,16H,6H2,(H2,13,17). The number of nitrogens with zero attached hydrogens (tertiary/aromatic N) is 2. The Morgan fingerprint density at radius 1 is 1.53 bits per heavy atom. The van der Waals surface area contributed by atoms with Crippen molar-refractivity contribution in [2.24, 2.45) is 5.73 Å². The highest BCUT2D eigenvalue weighted by molar-refractivity contribution is 5.92. The van der Waals surface area contributed by atoms with E-state index in [0.717, 1.165) is 0 Å². The Morgan fingerprint density at radius 3 is 2.88 bits per heavy atom. The van der Waals surface area contributed by atoms with Gasteiger partial charge in [-0.05, 0) is 12.1 Å². The maximum absolute atomic E-state index is 13.4. The summed E-state index contributed by atoms with van der Waals surface area (Å²) in [6, 6.07) is 4.33.